The van der Waals surface area contributed by atoms with E-state index in [4.69, 9.17) is 30.2 Å². The maximum absolute atomic E-state index is 12.8. The molecular weight excluding hydrogens is 693 g/mol. The highest BCUT2D eigenvalue weighted by Gasteiger charge is 2.29. The molecule has 13 nitrogen and oxygen atoms in total. The number of nitrogens with two attached hydrogens (primary N) is 1. The monoisotopic (exact) mass is 738 g/mol. The maximum Gasteiger partial charge on any atom is 0.259 e. The summed E-state index contributed by atoms with van der Waals surface area (Å²) in [5, 5.41) is 0. The lowest BCUT2D eigenvalue weighted by Gasteiger charge is -2.28. The van der Waals surface area contributed by atoms with Crippen molar-refractivity contribution in [2.75, 3.05) is 79.6 Å². The Kier molecular flexibility index (Phi) is 10.6. The van der Waals surface area contributed by atoms with Gasteiger partial charge in [0.05, 0.1) is 32.1 Å². The number of nitrogens with zero attached hydrogens (tertiary/aromatic N) is 9. The molecule has 0 amide bonds. The minimum absolute atomic E-state index is 0.0293. The molecule has 4 aromatic heterocycles. The fraction of sp³-hybridized carbons (Fsp3) is 0.333. The number of fused-ring (bicyclic) bond motifs is 2. The van der Waals surface area contributed by atoms with Crippen LogP contribution in [0, 0.1) is 6.92 Å². The Morgan fingerprint density at radius 1 is 0.800 bits per heavy atom. The number of hydrogen-bond acceptors (Lipinski definition) is 12. The van der Waals surface area contributed by atoms with Crippen LogP contribution in [0.5, 0.6) is 0 Å². The molecule has 9 rings (SSSR count). The van der Waals surface area contributed by atoms with Gasteiger partial charge in [0.2, 0.25) is 11.9 Å². The molecule has 13 heteroatoms. The number of nitrogen functional groups attached to an aromatic ring is 1. The third-order valence-corrected chi connectivity index (χ3v) is 10.3. The minimum atomic E-state index is -0.0293. The summed E-state index contributed by atoms with van der Waals surface area (Å²) in [6, 6.07) is 24.6. The van der Waals surface area contributed by atoms with E-state index in [1.54, 1.807) is 22.9 Å². The van der Waals surface area contributed by atoms with Gasteiger partial charge in [-0.25, -0.2) is 19.9 Å². The second-order valence-corrected chi connectivity index (χ2v) is 14.2. The lowest BCUT2D eigenvalue weighted by atomic mass is 9.93. The van der Waals surface area contributed by atoms with E-state index in [1.165, 1.54) is 5.56 Å². The Morgan fingerprint density at radius 3 is 2.15 bits per heavy atom. The molecule has 1 atom stereocenters. The van der Waals surface area contributed by atoms with Crippen molar-refractivity contribution < 1.29 is 9.47 Å². The van der Waals surface area contributed by atoms with E-state index in [0.29, 0.717) is 26.4 Å². The van der Waals surface area contributed by atoms with Crippen molar-refractivity contribution in [2.45, 2.75) is 32.6 Å². The highest BCUT2D eigenvalue weighted by atomic mass is 16.5. The Morgan fingerprint density at radius 2 is 1.45 bits per heavy atom. The van der Waals surface area contributed by atoms with Crippen LogP contribution in [0.1, 0.15) is 35.1 Å². The Bertz CT molecular complexity index is 2290. The molecule has 0 aliphatic carbocycles. The molecule has 2 saturated heterocycles. The van der Waals surface area contributed by atoms with E-state index < -0.39 is 0 Å². The second-order valence-electron chi connectivity index (χ2n) is 14.2. The molecule has 0 radical (unpaired) electrons. The van der Waals surface area contributed by atoms with Crippen molar-refractivity contribution in [3.05, 3.63) is 124 Å². The van der Waals surface area contributed by atoms with Crippen molar-refractivity contribution >= 4 is 34.9 Å². The summed E-state index contributed by atoms with van der Waals surface area (Å²) in [5.41, 5.74) is 13.9. The molecule has 3 aliphatic heterocycles. The van der Waals surface area contributed by atoms with Crippen LogP contribution in [0.3, 0.4) is 0 Å². The molecule has 2 N–H and O–H groups in total. The van der Waals surface area contributed by atoms with Gasteiger partial charge in [-0.3, -0.25) is 9.20 Å². The van der Waals surface area contributed by atoms with E-state index in [-0.39, 0.29) is 17.4 Å². The molecule has 0 bridgehead atoms. The first-order chi connectivity index (χ1) is 26.9. The molecule has 3 aliphatic rings. The fourth-order valence-corrected chi connectivity index (χ4v) is 7.46. The highest BCUT2D eigenvalue weighted by molar-refractivity contribution is 5.76. The van der Waals surface area contributed by atoms with Crippen LogP contribution in [0.4, 0.5) is 29.2 Å². The maximum atomic E-state index is 12.8. The Labute approximate surface area is 320 Å². The number of ether oxygens (including phenoxy) is 2. The zero-order chi connectivity index (χ0) is 37.7. The Balaban J connectivity index is 0.000000155. The van der Waals surface area contributed by atoms with Crippen molar-refractivity contribution in [1.29, 1.82) is 0 Å². The number of benzene rings is 2. The molecule has 6 aromatic rings. The predicted molar refractivity (Wildman–Crippen MR) is 215 cm³/mol. The van der Waals surface area contributed by atoms with E-state index in [0.717, 1.165) is 102 Å². The number of aryl methyl sites for hydroxylation is 1. The normalized spacial score (nSPS) is 16.1. The van der Waals surface area contributed by atoms with Crippen LogP contribution in [0.25, 0.3) is 16.9 Å². The van der Waals surface area contributed by atoms with Crippen LogP contribution in [0.2, 0.25) is 0 Å². The number of aromatic nitrogens is 6. The molecule has 55 heavy (non-hydrogen) atoms. The molecule has 2 fully saturated rings. The van der Waals surface area contributed by atoms with E-state index in [2.05, 4.69) is 74.1 Å². The van der Waals surface area contributed by atoms with Gasteiger partial charge in [0.1, 0.15) is 17.3 Å². The van der Waals surface area contributed by atoms with Gasteiger partial charge >= 0.3 is 0 Å². The SMILES string of the molecule is Cc1cc(C(C)Cc2ccccc2)c2nc(N3CCOCC3)cc(=O)n2c1.Nc1ncc(-c2nc(N3CCOCC3)nc3c2CCN3c2ccccc2)cn1. The summed E-state index contributed by atoms with van der Waals surface area (Å²) in [6.07, 6.45) is 7.13. The zero-order valence-electron chi connectivity index (χ0n) is 31.3. The van der Waals surface area contributed by atoms with Crippen LogP contribution >= 0.6 is 0 Å². The third-order valence-electron chi connectivity index (χ3n) is 10.3. The molecule has 1 unspecified atom stereocenters. The lowest BCUT2D eigenvalue weighted by molar-refractivity contribution is 0.122. The summed E-state index contributed by atoms with van der Waals surface area (Å²) in [7, 11) is 0. The summed E-state index contributed by atoms with van der Waals surface area (Å²) < 4.78 is 12.6. The Hall–Kier alpha value is -5.92. The fourth-order valence-electron chi connectivity index (χ4n) is 7.46. The van der Waals surface area contributed by atoms with E-state index in [1.807, 2.05) is 37.4 Å². The summed E-state index contributed by atoms with van der Waals surface area (Å²) in [5.74, 6) is 2.94. The van der Waals surface area contributed by atoms with Gasteiger partial charge in [0.15, 0.2) is 0 Å². The smallest absolute Gasteiger partial charge is 0.259 e. The molecular formula is C42H46N10O3. The van der Waals surface area contributed by atoms with Crippen LogP contribution in [-0.4, -0.2) is 88.5 Å². The summed E-state index contributed by atoms with van der Waals surface area (Å²) >= 11 is 0. The summed E-state index contributed by atoms with van der Waals surface area (Å²) in [6.45, 7) is 10.9. The second kappa shape index (κ2) is 16.2. The number of morpholine rings is 2. The van der Waals surface area contributed by atoms with Crippen LogP contribution in [-0.2, 0) is 22.3 Å². The molecule has 0 spiro atoms. The molecule has 0 saturated carbocycles. The lowest BCUT2D eigenvalue weighted by Crippen LogP contribution is -2.37. The highest BCUT2D eigenvalue weighted by Crippen LogP contribution is 2.39. The van der Waals surface area contributed by atoms with Crippen molar-refractivity contribution in [1.82, 2.24) is 29.3 Å². The number of rotatable bonds is 7. The summed E-state index contributed by atoms with van der Waals surface area (Å²) in [4.78, 5) is 42.4. The van der Waals surface area contributed by atoms with Gasteiger partial charge in [-0.05, 0) is 54.5 Å². The first kappa shape index (κ1) is 36.1. The molecule has 2 aromatic carbocycles. The minimum Gasteiger partial charge on any atom is -0.378 e. The quantitative estimate of drug-likeness (QED) is 0.229. The van der Waals surface area contributed by atoms with Gasteiger partial charge in [0.25, 0.3) is 5.56 Å². The van der Waals surface area contributed by atoms with Gasteiger partial charge in [-0.1, -0.05) is 61.5 Å². The third kappa shape index (κ3) is 7.98. The van der Waals surface area contributed by atoms with Crippen LogP contribution < -0.4 is 26.0 Å². The zero-order valence-corrected chi connectivity index (χ0v) is 31.3. The average Bonchev–Trinajstić information content (AvgIpc) is 3.67. The van der Waals surface area contributed by atoms with Crippen LogP contribution in [0.15, 0.2) is 96.2 Å². The van der Waals surface area contributed by atoms with E-state index >= 15 is 0 Å². The first-order valence-electron chi connectivity index (χ1n) is 19.0. The van der Waals surface area contributed by atoms with Crippen molar-refractivity contribution in [3.63, 3.8) is 0 Å². The van der Waals surface area contributed by atoms with Gasteiger partial charge < -0.3 is 29.9 Å². The van der Waals surface area contributed by atoms with Gasteiger partial charge in [-0.15, -0.1) is 0 Å². The number of para-hydroxylation sites is 1. The number of pyridine rings is 1. The molecule has 282 valence electrons. The topological polar surface area (TPSA) is 140 Å². The van der Waals surface area contributed by atoms with Crippen molar-refractivity contribution in [3.8, 4) is 11.3 Å². The van der Waals surface area contributed by atoms with E-state index in [9.17, 15) is 4.79 Å². The van der Waals surface area contributed by atoms with Crippen molar-refractivity contribution in [2.24, 2.45) is 0 Å². The molecule has 7 heterocycles. The number of anilines is 5. The first-order valence-corrected chi connectivity index (χ1v) is 19.0. The predicted octanol–water partition coefficient (Wildman–Crippen LogP) is 5.23. The number of hydrogen-bond donors (Lipinski definition) is 1. The standard InChI is InChI=1S/C22H25N3O2.C20H21N7O/c1-16-12-19(17(2)13-18-6-4-3-5-7-18)22-23-20(14-21(26)25(22)15-16)24-8-10-27-11-9-24;21-19-22-12-14(13-23-19)17-16-6-7-27(15-4-2-1-3-5-15)18(16)25-20(24-17)26-8-10-28-11-9-26/h3-7,12,14-15,17H,8-11,13H2,1-2H3;1-5,12-13H,6-11H2,(H2,21,22,23). The van der Waals surface area contributed by atoms with Gasteiger partial charge in [0, 0.05) is 74.2 Å². The van der Waals surface area contributed by atoms with Gasteiger partial charge in [-0.2, -0.15) is 4.98 Å². The largest absolute Gasteiger partial charge is 0.378 e. The average molecular weight is 739 g/mol.